The van der Waals surface area contributed by atoms with Crippen LogP contribution in [0.5, 0.6) is 11.5 Å². The van der Waals surface area contributed by atoms with Crippen LogP contribution >= 0.6 is 12.4 Å². The molecule has 0 saturated heterocycles. The number of rotatable bonds is 6. The van der Waals surface area contributed by atoms with E-state index in [-0.39, 0.29) is 24.8 Å². The molecule has 0 amide bonds. The first-order valence-electron chi connectivity index (χ1n) is 6.25. The Morgan fingerprint density at radius 3 is 2.48 bits per heavy atom. The van der Waals surface area contributed by atoms with Crippen molar-refractivity contribution in [3.05, 3.63) is 23.8 Å². The summed E-state index contributed by atoms with van der Waals surface area (Å²) in [6.07, 6.45) is 0.0733. The van der Waals surface area contributed by atoms with Gasteiger partial charge in [0, 0.05) is 13.0 Å². The van der Waals surface area contributed by atoms with Gasteiger partial charge in [-0.25, -0.2) is 0 Å². The van der Waals surface area contributed by atoms with Gasteiger partial charge in [-0.3, -0.25) is 9.59 Å². The topological polar surface area (TPSA) is 87.9 Å². The summed E-state index contributed by atoms with van der Waals surface area (Å²) in [5, 5.41) is 0. The van der Waals surface area contributed by atoms with Gasteiger partial charge in [-0.1, -0.05) is 6.07 Å². The van der Waals surface area contributed by atoms with Gasteiger partial charge in [0.25, 0.3) is 0 Å². The number of hydrogen-bond acceptors (Lipinski definition) is 6. The van der Waals surface area contributed by atoms with Crippen molar-refractivity contribution in [1.82, 2.24) is 0 Å². The highest BCUT2D eigenvalue weighted by molar-refractivity contribution is 5.85. The van der Waals surface area contributed by atoms with E-state index in [0.717, 1.165) is 0 Å². The minimum absolute atomic E-state index is 0. The van der Waals surface area contributed by atoms with E-state index in [0.29, 0.717) is 23.7 Å². The highest BCUT2D eigenvalue weighted by Gasteiger charge is 2.15. The molecule has 0 unspecified atom stereocenters. The first-order valence-corrected chi connectivity index (χ1v) is 6.25. The molecule has 0 fully saturated rings. The van der Waals surface area contributed by atoms with Crippen molar-refractivity contribution >= 4 is 24.3 Å². The second kappa shape index (κ2) is 9.20. The number of carbonyl (C=O) groups is 2. The van der Waals surface area contributed by atoms with Crippen molar-refractivity contribution in [2.45, 2.75) is 26.3 Å². The number of benzene rings is 1. The maximum Gasteiger partial charge on any atom is 0.308 e. The number of ether oxygens (including phenoxy) is 3. The third kappa shape index (κ3) is 6.01. The predicted molar refractivity (Wildman–Crippen MR) is 79.7 cm³/mol. The van der Waals surface area contributed by atoms with Crippen LogP contribution in [0.2, 0.25) is 0 Å². The fourth-order valence-electron chi connectivity index (χ4n) is 1.67. The summed E-state index contributed by atoms with van der Waals surface area (Å²) in [5.41, 5.74) is 6.64. The van der Waals surface area contributed by atoms with Gasteiger partial charge in [0.05, 0.1) is 20.1 Å². The fraction of sp³-hybridized carbons (Fsp3) is 0.429. The molecule has 2 N–H and O–H groups in total. The molecule has 0 heterocycles. The fourth-order valence-corrected chi connectivity index (χ4v) is 1.67. The lowest BCUT2D eigenvalue weighted by atomic mass is 10.0. The molecule has 0 aliphatic carbocycles. The van der Waals surface area contributed by atoms with Crippen LogP contribution in [0.25, 0.3) is 0 Å². The van der Waals surface area contributed by atoms with Crippen LogP contribution in [0.1, 0.15) is 31.9 Å². The summed E-state index contributed by atoms with van der Waals surface area (Å²) in [4.78, 5) is 22.3. The summed E-state index contributed by atoms with van der Waals surface area (Å²) >= 11 is 0. The quantitative estimate of drug-likeness (QED) is 0.637. The van der Waals surface area contributed by atoms with Gasteiger partial charge in [0.15, 0.2) is 11.5 Å². The molecule has 1 rings (SSSR count). The van der Waals surface area contributed by atoms with Gasteiger partial charge in [-0.2, -0.15) is 0 Å². The van der Waals surface area contributed by atoms with Crippen LogP contribution in [0, 0.1) is 0 Å². The lowest BCUT2D eigenvalue weighted by Gasteiger charge is -2.14. The molecule has 118 valence electrons. The molecule has 1 aromatic carbocycles. The maximum atomic E-state index is 11.4. The van der Waals surface area contributed by atoms with E-state index >= 15 is 0 Å². The minimum atomic E-state index is -0.505. The molecular formula is C14H20ClNO5. The van der Waals surface area contributed by atoms with E-state index in [1.54, 1.807) is 25.1 Å². The summed E-state index contributed by atoms with van der Waals surface area (Å²) in [6.45, 7) is 3.36. The maximum absolute atomic E-state index is 11.4. The average Bonchev–Trinajstić information content (AvgIpc) is 2.38. The number of nitrogens with two attached hydrogens (primary N) is 1. The number of halogens is 1. The first-order chi connectivity index (χ1) is 9.47. The zero-order chi connectivity index (χ0) is 15.1. The Morgan fingerprint density at radius 1 is 1.29 bits per heavy atom. The molecule has 7 heteroatoms. The molecular weight excluding hydrogens is 298 g/mol. The van der Waals surface area contributed by atoms with Crippen LogP contribution < -0.4 is 15.2 Å². The molecule has 0 saturated carbocycles. The average molecular weight is 318 g/mol. The third-order valence-electron chi connectivity index (χ3n) is 2.56. The van der Waals surface area contributed by atoms with Crippen molar-refractivity contribution in [2.75, 3.05) is 13.7 Å². The number of esters is 2. The minimum Gasteiger partial charge on any atom is -0.493 e. The van der Waals surface area contributed by atoms with Crippen LogP contribution in [0.4, 0.5) is 0 Å². The third-order valence-corrected chi connectivity index (χ3v) is 2.56. The van der Waals surface area contributed by atoms with Gasteiger partial charge in [0.2, 0.25) is 0 Å². The van der Waals surface area contributed by atoms with Crippen molar-refractivity contribution in [2.24, 2.45) is 5.73 Å². The molecule has 0 aliphatic heterocycles. The number of methoxy groups -OCH3 is 1. The van der Waals surface area contributed by atoms with E-state index in [2.05, 4.69) is 0 Å². The molecule has 0 aliphatic rings. The molecule has 1 aromatic rings. The Balaban J connectivity index is 0.00000400. The summed E-state index contributed by atoms with van der Waals surface area (Å²) in [6, 6.07) is 4.40. The van der Waals surface area contributed by atoms with E-state index in [4.69, 9.17) is 19.9 Å². The second-order valence-corrected chi connectivity index (χ2v) is 4.12. The molecule has 1 atom stereocenters. The van der Waals surface area contributed by atoms with Crippen molar-refractivity contribution in [1.29, 1.82) is 0 Å². The van der Waals surface area contributed by atoms with Crippen LogP contribution in [0.3, 0.4) is 0 Å². The Kier molecular flexibility index (Phi) is 8.42. The largest absolute Gasteiger partial charge is 0.493 e. The molecule has 6 nitrogen and oxygen atoms in total. The van der Waals surface area contributed by atoms with Gasteiger partial charge >= 0.3 is 11.9 Å². The van der Waals surface area contributed by atoms with Gasteiger partial charge in [-0.05, 0) is 24.6 Å². The summed E-state index contributed by atoms with van der Waals surface area (Å²) < 4.78 is 15.0. The van der Waals surface area contributed by atoms with Gasteiger partial charge in [-0.15, -0.1) is 12.4 Å². The number of carbonyl (C=O) groups excluding carboxylic acids is 2. The standard InChI is InChI=1S/C14H19NO5.ClH/c1-4-19-14(17)8-11(15)10-5-6-12(20-9(2)16)13(7-10)18-3;/h5-7,11H,4,8,15H2,1-3H3;1H/t11-;/m0./s1. The van der Waals surface area contributed by atoms with Crippen molar-refractivity contribution < 1.29 is 23.8 Å². The summed E-state index contributed by atoms with van der Waals surface area (Å²) in [7, 11) is 1.46. The Hall–Kier alpha value is -1.79. The van der Waals surface area contributed by atoms with Crippen molar-refractivity contribution in [3.8, 4) is 11.5 Å². The first kappa shape index (κ1) is 19.2. The second-order valence-electron chi connectivity index (χ2n) is 4.12. The Labute approximate surface area is 130 Å². The lowest BCUT2D eigenvalue weighted by Crippen LogP contribution is -2.17. The van der Waals surface area contributed by atoms with Crippen LogP contribution in [-0.4, -0.2) is 25.7 Å². The van der Waals surface area contributed by atoms with E-state index in [9.17, 15) is 9.59 Å². The zero-order valence-corrected chi connectivity index (χ0v) is 13.1. The highest BCUT2D eigenvalue weighted by Crippen LogP contribution is 2.30. The lowest BCUT2D eigenvalue weighted by molar-refractivity contribution is -0.143. The molecule has 0 aromatic heterocycles. The molecule has 0 radical (unpaired) electrons. The van der Waals surface area contributed by atoms with Gasteiger partial charge in [0.1, 0.15) is 0 Å². The van der Waals surface area contributed by atoms with Gasteiger partial charge < -0.3 is 19.9 Å². The predicted octanol–water partition coefficient (Wildman–Crippen LogP) is 2.00. The van der Waals surface area contributed by atoms with Crippen LogP contribution in [-0.2, 0) is 14.3 Å². The Morgan fingerprint density at radius 2 is 1.95 bits per heavy atom. The number of hydrogen-bond donors (Lipinski definition) is 1. The zero-order valence-electron chi connectivity index (χ0n) is 12.3. The van der Waals surface area contributed by atoms with E-state index < -0.39 is 12.0 Å². The van der Waals surface area contributed by atoms with Crippen molar-refractivity contribution in [3.63, 3.8) is 0 Å². The van der Waals surface area contributed by atoms with E-state index in [1.165, 1.54) is 14.0 Å². The summed E-state index contributed by atoms with van der Waals surface area (Å²) in [5.74, 6) is -0.0982. The normalized spacial score (nSPS) is 11.0. The molecule has 21 heavy (non-hydrogen) atoms. The highest BCUT2D eigenvalue weighted by atomic mass is 35.5. The molecule has 0 bridgehead atoms. The SMILES string of the molecule is CCOC(=O)C[C@H](N)c1ccc(OC(C)=O)c(OC)c1.Cl. The van der Waals surface area contributed by atoms with Crippen LogP contribution in [0.15, 0.2) is 18.2 Å². The molecule has 0 spiro atoms. The van der Waals surface area contributed by atoms with E-state index in [1.807, 2.05) is 0 Å². The Bertz CT molecular complexity index is 492. The monoisotopic (exact) mass is 317 g/mol. The smallest absolute Gasteiger partial charge is 0.308 e.